The van der Waals surface area contributed by atoms with Crippen molar-refractivity contribution in [2.75, 3.05) is 60.2 Å². The van der Waals surface area contributed by atoms with Crippen molar-refractivity contribution < 1.29 is 33.3 Å². The van der Waals surface area contributed by atoms with E-state index >= 15 is 0 Å². The van der Waals surface area contributed by atoms with Gasteiger partial charge in [-0.05, 0) is 88.4 Å². The number of methoxy groups -OCH3 is 2. The molecule has 0 bridgehead atoms. The quantitative estimate of drug-likeness (QED) is 0.233. The summed E-state index contributed by atoms with van der Waals surface area (Å²) in [6.45, 7) is 11.9. The summed E-state index contributed by atoms with van der Waals surface area (Å²) in [5.41, 5.74) is 7.84. The van der Waals surface area contributed by atoms with Gasteiger partial charge in [0, 0.05) is 37.2 Å². The number of hydrogen-bond acceptors (Lipinski definition) is 8. The highest BCUT2D eigenvalue weighted by Crippen LogP contribution is 2.48. The lowest BCUT2D eigenvalue weighted by atomic mass is 9.62. The number of piperidine rings is 1. The number of carbonyl (C=O) groups excluding carboxylic acids is 2. The standard InChI is InChI=1S/C39H51N3O7/c1-7-47-34-22-29(23-35(48-8-2)36(34)49-9-3)37(43)42-19-17-28(24-42)26(4)41-20-18-39(38(40)44,30-13-11-10-12-14-30)31(25-41)27-15-16-32(45-5)33(21-27)46-6/h10-16,21-23,26,28,31H,7-9,17-20,24-25H2,1-6H3,(H2,40,44). The lowest BCUT2D eigenvalue weighted by molar-refractivity contribution is -0.126. The Kier molecular flexibility index (Phi) is 11.6. The third-order valence-electron chi connectivity index (χ3n) is 10.3. The zero-order chi connectivity index (χ0) is 35.1. The molecule has 4 atom stereocenters. The highest BCUT2D eigenvalue weighted by Gasteiger charge is 2.51. The molecule has 0 saturated carbocycles. The number of primary amides is 1. The van der Waals surface area contributed by atoms with Gasteiger partial charge in [-0.3, -0.25) is 14.5 Å². The smallest absolute Gasteiger partial charge is 0.254 e. The van der Waals surface area contributed by atoms with Gasteiger partial charge >= 0.3 is 0 Å². The van der Waals surface area contributed by atoms with E-state index in [-0.39, 0.29) is 29.7 Å². The summed E-state index contributed by atoms with van der Waals surface area (Å²) in [6, 6.07) is 19.5. The van der Waals surface area contributed by atoms with Crippen molar-refractivity contribution >= 4 is 11.8 Å². The molecule has 264 valence electrons. The molecule has 0 aromatic heterocycles. The van der Waals surface area contributed by atoms with Gasteiger partial charge in [-0.2, -0.15) is 0 Å². The Bertz CT molecular complexity index is 1570. The molecule has 2 aliphatic rings. The minimum Gasteiger partial charge on any atom is -0.493 e. The zero-order valence-electron chi connectivity index (χ0n) is 29.7. The van der Waals surface area contributed by atoms with Gasteiger partial charge in [0.15, 0.2) is 23.0 Å². The summed E-state index contributed by atoms with van der Waals surface area (Å²) in [5, 5.41) is 0. The van der Waals surface area contributed by atoms with E-state index < -0.39 is 5.41 Å². The maximum absolute atomic E-state index is 13.9. The molecule has 3 aromatic rings. The molecule has 0 radical (unpaired) electrons. The van der Waals surface area contributed by atoms with Crippen LogP contribution in [-0.4, -0.2) is 87.9 Å². The molecule has 10 nitrogen and oxygen atoms in total. The van der Waals surface area contributed by atoms with Gasteiger partial charge in [0.25, 0.3) is 5.91 Å². The van der Waals surface area contributed by atoms with Crippen LogP contribution in [0.5, 0.6) is 28.7 Å². The van der Waals surface area contributed by atoms with Crippen LogP contribution in [0.2, 0.25) is 0 Å². The van der Waals surface area contributed by atoms with E-state index in [9.17, 15) is 9.59 Å². The number of likely N-dealkylation sites (tertiary alicyclic amines) is 2. The first kappa shape index (κ1) is 35.9. The normalized spacial score (nSPS) is 21.6. The summed E-state index contributed by atoms with van der Waals surface area (Å²) < 4.78 is 28.8. The lowest BCUT2D eigenvalue weighted by Crippen LogP contribution is -2.57. The van der Waals surface area contributed by atoms with Crippen LogP contribution in [-0.2, 0) is 10.2 Å². The van der Waals surface area contributed by atoms with Crippen molar-refractivity contribution in [1.29, 1.82) is 0 Å². The van der Waals surface area contributed by atoms with E-state index in [4.69, 9.17) is 29.4 Å². The molecule has 2 fully saturated rings. The largest absolute Gasteiger partial charge is 0.493 e. The third-order valence-corrected chi connectivity index (χ3v) is 10.3. The molecule has 49 heavy (non-hydrogen) atoms. The van der Waals surface area contributed by atoms with E-state index in [0.29, 0.717) is 86.7 Å². The van der Waals surface area contributed by atoms with Gasteiger partial charge in [0.05, 0.1) is 39.5 Å². The Morgan fingerprint density at radius 2 is 1.49 bits per heavy atom. The van der Waals surface area contributed by atoms with E-state index in [1.807, 2.05) is 74.2 Å². The maximum Gasteiger partial charge on any atom is 0.254 e. The van der Waals surface area contributed by atoms with Gasteiger partial charge in [0.2, 0.25) is 11.7 Å². The molecule has 0 aliphatic carbocycles. The molecule has 4 unspecified atom stereocenters. The topological polar surface area (TPSA) is 113 Å². The second-order valence-corrected chi connectivity index (χ2v) is 12.8. The van der Waals surface area contributed by atoms with Crippen LogP contribution in [0.3, 0.4) is 0 Å². The molecule has 5 rings (SSSR count). The van der Waals surface area contributed by atoms with Crippen molar-refractivity contribution in [2.24, 2.45) is 11.7 Å². The van der Waals surface area contributed by atoms with Crippen LogP contribution < -0.4 is 29.4 Å². The molecule has 2 saturated heterocycles. The number of hydrogen-bond donors (Lipinski definition) is 1. The first-order chi connectivity index (χ1) is 23.7. The summed E-state index contributed by atoms with van der Waals surface area (Å²) in [5.74, 6) is 2.38. The number of rotatable bonds is 14. The average molecular weight is 674 g/mol. The van der Waals surface area contributed by atoms with Crippen LogP contribution in [0.15, 0.2) is 60.7 Å². The van der Waals surface area contributed by atoms with Gasteiger partial charge < -0.3 is 34.3 Å². The van der Waals surface area contributed by atoms with Crippen molar-refractivity contribution in [1.82, 2.24) is 9.80 Å². The van der Waals surface area contributed by atoms with E-state index in [1.165, 1.54) is 0 Å². The zero-order valence-corrected chi connectivity index (χ0v) is 29.7. The monoisotopic (exact) mass is 673 g/mol. The number of carbonyl (C=O) groups is 2. The Labute approximate surface area is 290 Å². The first-order valence-electron chi connectivity index (χ1n) is 17.4. The van der Waals surface area contributed by atoms with Gasteiger partial charge in [-0.1, -0.05) is 36.4 Å². The molecular formula is C39H51N3O7. The molecular weight excluding hydrogens is 622 g/mol. The summed E-state index contributed by atoms with van der Waals surface area (Å²) in [7, 11) is 3.23. The Balaban J connectivity index is 1.40. The second-order valence-electron chi connectivity index (χ2n) is 12.8. The van der Waals surface area contributed by atoms with E-state index in [2.05, 4.69) is 11.8 Å². The summed E-state index contributed by atoms with van der Waals surface area (Å²) in [6.07, 6.45) is 1.44. The second kappa shape index (κ2) is 15.8. The minimum absolute atomic E-state index is 0.0571. The van der Waals surface area contributed by atoms with Gasteiger partial charge in [-0.25, -0.2) is 0 Å². The fourth-order valence-electron chi connectivity index (χ4n) is 7.68. The number of benzene rings is 3. The Morgan fingerprint density at radius 3 is 2.08 bits per heavy atom. The fraction of sp³-hybridized carbons (Fsp3) is 0.487. The van der Waals surface area contributed by atoms with Crippen molar-refractivity contribution in [2.45, 2.75) is 57.9 Å². The number of nitrogens with zero attached hydrogens (tertiary/aromatic N) is 2. The molecule has 2 amide bonds. The predicted molar refractivity (Wildman–Crippen MR) is 189 cm³/mol. The molecule has 3 aromatic carbocycles. The molecule has 2 heterocycles. The minimum atomic E-state index is -0.904. The highest BCUT2D eigenvalue weighted by molar-refractivity contribution is 5.96. The molecule has 2 aliphatic heterocycles. The van der Waals surface area contributed by atoms with Crippen LogP contribution in [0, 0.1) is 5.92 Å². The van der Waals surface area contributed by atoms with E-state index in [1.54, 1.807) is 26.4 Å². The van der Waals surface area contributed by atoms with Crippen LogP contribution >= 0.6 is 0 Å². The van der Waals surface area contributed by atoms with E-state index in [0.717, 1.165) is 17.5 Å². The molecule has 0 spiro atoms. The number of ether oxygens (including phenoxy) is 5. The maximum atomic E-state index is 13.9. The first-order valence-corrected chi connectivity index (χ1v) is 17.4. The average Bonchev–Trinajstić information content (AvgIpc) is 3.62. The third kappa shape index (κ3) is 7.15. The molecule has 10 heteroatoms. The van der Waals surface area contributed by atoms with Crippen LogP contribution in [0.25, 0.3) is 0 Å². The number of amides is 2. The van der Waals surface area contributed by atoms with Crippen molar-refractivity contribution in [3.8, 4) is 28.7 Å². The Hall–Kier alpha value is -4.44. The SMILES string of the molecule is CCOc1cc(C(=O)N2CCC(C(C)N3CCC(C(N)=O)(c4ccccc4)C(c4ccc(OC)c(OC)c4)C3)C2)cc(OCC)c1OCC. The van der Waals surface area contributed by atoms with Gasteiger partial charge in [-0.15, -0.1) is 0 Å². The fourth-order valence-corrected chi connectivity index (χ4v) is 7.68. The summed E-state index contributed by atoms with van der Waals surface area (Å²) >= 11 is 0. The number of nitrogens with two attached hydrogens (primary N) is 1. The van der Waals surface area contributed by atoms with Crippen molar-refractivity contribution in [3.63, 3.8) is 0 Å². The predicted octanol–water partition coefficient (Wildman–Crippen LogP) is 5.66. The lowest BCUT2D eigenvalue weighted by Gasteiger charge is -2.49. The van der Waals surface area contributed by atoms with Crippen LogP contribution in [0.4, 0.5) is 0 Å². The van der Waals surface area contributed by atoms with Gasteiger partial charge in [0.1, 0.15) is 0 Å². The van der Waals surface area contributed by atoms with Crippen molar-refractivity contribution in [3.05, 3.63) is 77.4 Å². The Morgan fingerprint density at radius 1 is 0.837 bits per heavy atom. The molecule has 2 N–H and O–H groups in total. The highest BCUT2D eigenvalue weighted by atomic mass is 16.5. The summed E-state index contributed by atoms with van der Waals surface area (Å²) in [4.78, 5) is 31.9. The van der Waals surface area contributed by atoms with Crippen LogP contribution in [0.1, 0.15) is 67.9 Å².